The van der Waals surface area contributed by atoms with E-state index < -0.39 is 0 Å². The average molecular weight is 378 g/mol. The second-order valence-electron chi connectivity index (χ2n) is 7.23. The molecule has 1 aliphatic heterocycles. The van der Waals surface area contributed by atoms with Crippen LogP contribution in [0.2, 0.25) is 0 Å². The number of rotatable bonds is 6. The van der Waals surface area contributed by atoms with Crippen LogP contribution in [0.1, 0.15) is 25.7 Å². The molecule has 146 valence electrons. The third kappa shape index (κ3) is 4.14. The zero-order chi connectivity index (χ0) is 19.3. The van der Waals surface area contributed by atoms with Crippen molar-refractivity contribution in [3.63, 3.8) is 0 Å². The summed E-state index contributed by atoms with van der Waals surface area (Å²) in [5, 5.41) is 25.8. The molecule has 1 fully saturated rings. The average Bonchev–Trinajstić information content (AvgIpc) is 3.06. The molecule has 1 aliphatic carbocycles. The van der Waals surface area contributed by atoms with Gasteiger partial charge < -0.3 is 20.7 Å². The lowest BCUT2D eigenvalue weighted by molar-refractivity contribution is 0.228. The highest BCUT2D eigenvalue weighted by Gasteiger charge is 2.15. The molecule has 0 atom stereocenters. The van der Waals surface area contributed by atoms with Gasteiger partial charge in [0.1, 0.15) is 17.2 Å². The van der Waals surface area contributed by atoms with Gasteiger partial charge in [0.15, 0.2) is 5.82 Å². The number of aliphatic imine (C=N–C) groups is 1. The van der Waals surface area contributed by atoms with Crippen LogP contribution in [0.25, 0.3) is 5.52 Å². The smallest absolute Gasteiger partial charge is 0.175 e. The lowest BCUT2D eigenvalue weighted by Gasteiger charge is -2.26. The first-order valence-electron chi connectivity index (χ1n) is 9.91. The van der Waals surface area contributed by atoms with Crippen molar-refractivity contribution >= 4 is 28.4 Å². The van der Waals surface area contributed by atoms with E-state index in [0.29, 0.717) is 17.2 Å². The van der Waals surface area contributed by atoms with Crippen LogP contribution in [0.5, 0.6) is 0 Å². The van der Waals surface area contributed by atoms with Gasteiger partial charge in [-0.25, -0.2) is 9.51 Å². The highest BCUT2D eigenvalue weighted by Crippen LogP contribution is 2.30. The number of anilines is 1. The van der Waals surface area contributed by atoms with Crippen molar-refractivity contribution in [1.82, 2.24) is 14.5 Å². The summed E-state index contributed by atoms with van der Waals surface area (Å²) in [5.74, 6) is 0.707. The van der Waals surface area contributed by atoms with Crippen LogP contribution in [-0.2, 0) is 0 Å². The summed E-state index contributed by atoms with van der Waals surface area (Å²) in [7, 11) is 0. The number of aliphatic hydroxyl groups excluding tert-OH is 1. The van der Waals surface area contributed by atoms with Crippen molar-refractivity contribution in [1.29, 1.82) is 5.41 Å². The van der Waals surface area contributed by atoms with Crippen LogP contribution in [-0.4, -0.2) is 57.2 Å². The van der Waals surface area contributed by atoms with Crippen LogP contribution in [0.15, 0.2) is 53.4 Å². The summed E-state index contributed by atoms with van der Waals surface area (Å²) in [6.45, 7) is 4.33. The van der Waals surface area contributed by atoms with Crippen molar-refractivity contribution in [3.8, 4) is 0 Å². The number of nitrogens with one attached hydrogen (secondary N) is 2. The van der Waals surface area contributed by atoms with Gasteiger partial charge in [0.2, 0.25) is 0 Å². The Kier molecular flexibility index (Phi) is 5.53. The summed E-state index contributed by atoms with van der Waals surface area (Å²) in [4.78, 5) is 7.18. The summed E-state index contributed by atoms with van der Waals surface area (Å²) < 4.78 is 1.79. The molecule has 0 saturated carbocycles. The van der Waals surface area contributed by atoms with Gasteiger partial charge in [-0.05, 0) is 63.2 Å². The topological polar surface area (TPSA) is 89.0 Å². The quantitative estimate of drug-likeness (QED) is 0.528. The molecule has 1 saturated heterocycles. The number of pyridine rings is 1. The Labute approximate surface area is 164 Å². The maximum absolute atomic E-state index is 10.1. The highest BCUT2D eigenvalue weighted by atomic mass is 16.3. The molecule has 0 radical (unpaired) electrons. The Morgan fingerprint density at radius 1 is 1.18 bits per heavy atom. The van der Waals surface area contributed by atoms with Crippen LogP contribution < -0.4 is 5.32 Å². The molecule has 2 aliphatic rings. The number of aliphatic hydroxyl groups is 1. The highest BCUT2D eigenvalue weighted by molar-refractivity contribution is 6.20. The van der Waals surface area contributed by atoms with Gasteiger partial charge >= 0.3 is 0 Å². The maximum atomic E-state index is 10.1. The molecule has 2 aromatic rings. The van der Waals surface area contributed by atoms with E-state index >= 15 is 0 Å². The van der Waals surface area contributed by atoms with Crippen molar-refractivity contribution < 1.29 is 5.11 Å². The lowest BCUT2D eigenvalue weighted by Crippen LogP contribution is -2.31. The molecule has 0 spiro atoms. The SMILES string of the molecule is N=C1C=C/C(=N\c2c(NCCCN3CCCCC3)nn3ccccc23)C(O)=C1. The van der Waals surface area contributed by atoms with Crippen molar-refractivity contribution in [2.45, 2.75) is 25.7 Å². The Morgan fingerprint density at radius 2 is 2.04 bits per heavy atom. The predicted molar refractivity (Wildman–Crippen MR) is 113 cm³/mol. The minimum atomic E-state index is -0.00108. The standard InChI is InChI=1S/C21H26N6O/c22-16-8-9-17(19(28)15-16)24-20-18-7-2-5-14-27(18)25-21(20)23-10-6-13-26-11-3-1-4-12-26/h2,5,7-9,14-15,22,28H,1,3-4,6,10-13H2,(H,23,25)/b22-16?,24-17+. The van der Waals surface area contributed by atoms with Crippen LogP contribution in [0, 0.1) is 5.41 Å². The number of allylic oxidation sites excluding steroid dienone is 3. The van der Waals surface area contributed by atoms with Crippen molar-refractivity contribution in [2.24, 2.45) is 4.99 Å². The number of hydrogen-bond acceptors (Lipinski definition) is 6. The fourth-order valence-electron chi connectivity index (χ4n) is 3.65. The van der Waals surface area contributed by atoms with E-state index in [1.807, 2.05) is 24.4 Å². The van der Waals surface area contributed by atoms with Gasteiger partial charge in [0.05, 0.1) is 11.2 Å². The molecular weight excluding hydrogens is 352 g/mol. The molecular formula is C21H26N6O. The van der Waals surface area contributed by atoms with Gasteiger partial charge in [-0.1, -0.05) is 12.5 Å². The summed E-state index contributed by atoms with van der Waals surface area (Å²) >= 11 is 0. The molecule has 28 heavy (non-hydrogen) atoms. The molecule has 0 unspecified atom stereocenters. The van der Waals surface area contributed by atoms with E-state index in [0.717, 1.165) is 25.0 Å². The van der Waals surface area contributed by atoms with Crippen LogP contribution in [0.3, 0.4) is 0 Å². The van der Waals surface area contributed by atoms with Gasteiger partial charge in [0.25, 0.3) is 0 Å². The third-order valence-electron chi connectivity index (χ3n) is 5.11. The number of likely N-dealkylation sites (tertiary alicyclic amines) is 1. The number of nitrogens with zero attached hydrogens (tertiary/aromatic N) is 4. The van der Waals surface area contributed by atoms with E-state index in [2.05, 4.69) is 20.3 Å². The lowest BCUT2D eigenvalue weighted by atomic mass is 10.1. The van der Waals surface area contributed by atoms with E-state index in [-0.39, 0.29) is 11.5 Å². The molecule has 3 heterocycles. The minimum absolute atomic E-state index is 0.00108. The molecule has 7 heteroatoms. The molecule has 2 aromatic heterocycles. The second kappa shape index (κ2) is 8.39. The third-order valence-corrected chi connectivity index (χ3v) is 5.11. The fraction of sp³-hybridized carbons (Fsp3) is 0.381. The Bertz CT molecular complexity index is 949. The zero-order valence-corrected chi connectivity index (χ0v) is 15.9. The number of hydrogen-bond donors (Lipinski definition) is 3. The largest absolute Gasteiger partial charge is 0.506 e. The van der Waals surface area contributed by atoms with Crippen LogP contribution in [0.4, 0.5) is 11.5 Å². The van der Waals surface area contributed by atoms with Crippen LogP contribution >= 0.6 is 0 Å². The van der Waals surface area contributed by atoms with E-state index in [9.17, 15) is 5.11 Å². The first-order valence-corrected chi connectivity index (χ1v) is 9.91. The Balaban J connectivity index is 1.51. The van der Waals surface area contributed by atoms with Crippen molar-refractivity contribution in [3.05, 3.63) is 48.4 Å². The van der Waals surface area contributed by atoms with Gasteiger partial charge in [-0.2, -0.15) is 0 Å². The monoisotopic (exact) mass is 378 g/mol. The zero-order valence-electron chi connectivity index (χ0n) is 15.9. The molecule has 3 N–H and O–H groups in total. The van der Waals surface area contributed by atoms with E-state index in [4.69, 9.17) is 5.41 Å². The van der Waals surface area contributed by atoms with Gasteiger partial charge in [0, 0.05) is 18.8 Å². The van der Waals surface area contributed by atoms with E-state index in [1.165, 1.54) is 38.4 Å². The fourth-order valence-corrected chi connectivity index (χ4v) is 3.65. The first kappa shape index (κ1) is 18.4. The summed E-state index contributed by atoms with van der Waals surface area (Å²) in [5.41, 5.74) is 2.26. The first-order chi connectivity index (χ1) is 13.7. The van der Waals surface area contributed by atoms with Gasteiger partial charge in [-0.3, -0.25) is 0 Å². The summed E-state index contributed by atoms with van der Waals surface area (Å²) in [6.07, 6.45) is 11.6. The molecule has 0 bridgehead atoms. The molecule has 4 rings (SSSR count). The minimum Gasteiger partial charge on any atom is -0.506 e. The summed E-state index contributed by atoms with van der Waals surface area (Å²) in [6, 6.07) is 5.83. The Hall–Kier alpha value is -2.93. The maximum Gasteiger partial charge on any atom is 0.175 e. The Morgan fingerprint density at radius 3 is 2.86 bits per heavy atom. The number of aromatic nitrogens is 2. The predicted octanol–water partition coefficient (Wildman–Crippen LogP) is 3.73. The van der Waals surface area contributed by atoms with Gasteiger partial charge in [-0.15, -0.1) is 5.10 Å². The van der Waals surface area contributed by atoms with E-state index in [1.54, 1.807) is 16.7 Å². The molecule has 0 aromatic carbocycles. The molecule has 7 nitrogen and oxygen atoms in total. The number of piperidine rings is 1. The molecule has 0 amide bonds. The second-order valence-corrected chi connectivity index (χ2v) is 7.23. The number of fused-ring (bicyclic) bond motifs is 1. The normalized spacial score (nSPS) is 19.4. The van der Waals surface area contributed by atoms with Crippen molar-refractivity contribution in [2.75, 3.05) is 31.5 Å².